The molecule has 2 aromatic rings. The molecule has 1 aliphatic carbocycles. The lowest BCUT2D eigenvalue weighted by Gasteiger charge is -2.20. The smallest absolute Gasteiger partial charge is 0.283 e. The Bertz CT molecular complexity index is 1340. The van der Waals surface area contributed by atoms with Crippen LogP contribution in [0.3, 0.4) is 0 Å². The number of aryl methyl sites for hydroxylation is 2. The second kappa shape index (κ2) is 11.4. The molecule has 198 valence electrons. The molecule has 5 rings (SSSR count). The Labute approximate surface area is 227 Å². The summed E-state index contributed by atoms with van der Waals surface area (Å²) in [6.07, 6.45) is 7.50. The largest absolute Gasteiger partial charge is 0.493 e. The second-order valence-electron chi connectivity index (χ2n) is 9.67. The van der Waals surface area contributed by atoms with Gasteiger partial charge < -0.3 is 14.2 Å². The van der Waals surface area contributed by atoms with Gasteiger partial charge in [-0.3, -0.25) is 10.2 Å². The van der Waals surface area contributed by atoms with Crippen LogP contribution < -0.4 is 14.2 Å². The van der Waals surface area contributed by atoms with Crippen LogP contribution in [0.4, 0.5) is 0 Å². The highest BCUT2D eigenvalue weighted by molar-refractivity contribution is 8.27. The third-order valence-electron chi connectivity index (χ3n) is 6.85. The third kappa shape index (κ3) is 5.62. The van der Waals surface area contributed by atoms with Crippen molar-refractivity contribution >= 4 is 39.8 Å². The Morgan fingerprint density at radius 3 is 2.50 bits per heavy atom. The number of carbonyl (C=O) groups excluding carboxylic acids is 1. The van der Waals surface area contributed by atoms with E-state index in [0.29, 0.717) is 41.4 Å². The van der Waals surface area contributed by atoms with Gasteiger partial charge in [-0.2, -0.15) is 15.1 Å². The Morgan fingerprint density at radius 1 is 1.03 bits per heavy atom. The molecule has 8 nitrogen and oxygen atoms in total. The summed E-state index contributed by atoms with van der Waals surface area (Å²) in [5.74, 6) is 1.93. The van der Waals surface area contributed by atoms with Crippen molar-refractivity contribution in [2.24, 2.45) is 16.0 Å². The molecule has 2 aliphatic heterocycles. The van der Waals surface area contributed by atoms with E-state index >= 15 is 0 Å². The van der Waals surface area contributed by atoms with Crippen molar-refractivity contribution in [1.82, 2.24) is 5.01 Å². The maximum absolute atomic E-state index is 12.8. The number of methoxy groups -OCH3 is 1. The molecule has 0 atom stereocenters. The van der Waals surface area contributed by atoms with Crippen LogP contribution in [0, 0.1) is 25.2 Å². The molecule has 1 N–H and O–H groups in total. The number of ether oxygens (including phenoxy) is 3. The van der Waals surface area contributed by atoms with Gasteiger partial charge in [0.1, 0.15) is 24.0 Å². The van der Waals surface area contributed by atoms with E-state index in [9.17, 15) is 4.79 Å². The first-order valence-corrected chi connectivity index (χ1v) is 13.8. The van der Waals surface area contributed by atoms with Gasteiger partial charge in [-0.25, -0.2) is 0 Å². The quantitative estimate of drug-likeness (QED) is 0.332. The summed E-state index contributed by atoms with van der Waals surface area (Å²) >= 11 is 1.42. The van der Waals surface area contributed by atoms with Gasteiger partial charge >= 0.3 is 0 Å². The highest BCUT2D eigenvalue weighted by Gasteiger charge is 2.38. The summed E-state index contributed by atoms with van der Waals surface area (Å²) in [7, 11) is 1.57. The first kappa shape index (κ1) is 26.0. The summed E-state index contributed by atoms with van der Waals surface area (Å²) in [6, 6.07) is 11.5. The average Bonchev–Trinajstić information content (AvgIpc) is 3.35. The minimum Gasteiger partial charge on any atom is -0.493 e. The number of aliphatic imine (C=N–C) groups is 1. The van der Waals surface area contributed by atoms with E-state index < -0.39 is 5.91 Å². The SMILES string of the molecule is COc1cc(/C=C2/C(=N)N3N=C(C4CCCCC4)SC3=NC2=O)ccc1OCCOc1ccc(C)cc1C. The average molecular weight is 533 g/mol. The highest BCUT2D eigenvalue weighted by atomic mass is 32.2. The maximum Gasteiger partial charge on any atom is 0.283 e. The standard InChI is InChI=1S/C29H32N4O4S/c1-18-9-11-23(19(2)15-18)36-13-14-37-24-12-10-20(17-25(24)35-3)16-22-26(30)33-29(31-27(22)34)38-28(32-33)21-7-5-4-6-8-21/h9-12,15-17,21,30H,4-8,13-14H2,1-3H3/b22-16-,30-26?. The third-order valence-corrected chi connectivity index (χ3v) is 7.92. The molecule has 0 unspecified atom stereocenters. The van der Waals surface area contributed by atoms with Crippen LogP contribution in [0.2, 0.25) is 0 Å². The Kier molecular flexibility index (Phi) is 7.83. The molecule has 0 spiro atoms. The van der Waals surface area contributed by atoms with Gasteiger partial charge in [0.25, 0.3) is 5.91 Å². The first-order valence-electron chi connectivity index (χ1n) is 12.9. The van der Waals surface area contributed by atoms with Crippen molar-refractivity contribution in [3.63, 3.8) is 0 Å². The zero-order valence-electron chi connectivity index (χ0n) is 22.0. The van der Waals surface area contributed by atoms with E-state index in [1.165, 1.54) is 41.6 Å². The van der Waals surface area contributed by atoms with Gasteiger partial charge in [-0.1, -0.05) is 43.0 Å². The molecule has 1 saturated carbocycles. The molecule has 1 fully saturated rings. The van der Waals surface area contributed by atoms with Crippen molar-refractivity contribution in [3.8, 4) is 17.2 Å². The minimum absolute atomic E-state index is 0.0427. The molecule has 2 aromatic carbocycles. The topological polar surface area (TPSA) is 96.6 Å². The van der Waals surface area contributed by atoms with Gasteiger partial charge in [-0.15, -0.1) is 0 Å². The van der Waals surface area contributed by atoms with E-state index in [2.05, 4.69) is 23.1 Å². The number of benzene rings is 2. The lowest BCUT2D eigenvalue weighted by Crippen LogP contribution is -2.35. The molecule has 0 aromatic heterocycles. The predicted molar refractivity (Wildman–Crippen MR) is 151 cm³/mol. The number of rotatable bonds is 8. The molecule has 0 bridgehead atoms. The zero-order valence-corrected chi connectivity index (χ0v) is 22.8. The molecule has 1 amide bonds. The van der Waals surface area contributed by atoms with Gasteiger partial charge in [0.05, 0.1) is 12.7 Å². The first-order chi connectivity index (χ1) is 18.4. The van der Waals surface area contributed by atoms with Gasteiger partial charge in [-0.05, 0) is 73.9 Å². The minimum atomic E-state index is -0.434. The predicted octanol–water partition coefficient (Wildman–Crippen LogP) is 5.97. The van der Waals surface area contributed by atoms with Crippen LogP contribution in [0.25, 0.3) is 6.08 Å². The normalized spacial score (nSPS) is 18.8. The Hall–Kier alpha value is -3.59. The molecule has 0 saturated heterocycles. The van der Waals surface area contributed by atoms with Crippen molar-refractivity contribution in [2.75, 3.05) is 20.3 Å². The molecule has 3 aliphatic rings. The number of carbonyl (C=O) groups is 1. The van der Waals surface area contributed by atoms with Crippen LogP contribution in [-0.4, -0.2) is 47.3 Å². The number of amidine groups is 2. The van der Waals surface area contributed by atoms with E-state index in [0.717, 1.165) is 29.2 Å². The van der Waals surface area contributed by atoms with Gasteiger partial charge in [0.15, 0.2) is 17.3 Å². The highest BCUT2D eigenvalue weighted by Crippen LogP contribution is 2.36. The lowest BCUT2D eigenvalue weighted by molar-refractivity contribution is -0.114. The number of hydrazone groups is 1. The second-order valence-corrected chi connectivity index (χ2v) is 10.7. The summed E-state index contributed by atoms with van der Waals surface area (Å²) in [6.45, 7) is 4.81. The van der Waals surface area contributed by atoms with Crippen LogP contribution in [0.5, 0.6) is 17.2 Å². The van der Waals surface area contributed by atoms with Crippen molar-refractivity contribution in [1.29, 1.82) is 5.41 Å². The fourth-order valence-electron chi connectivity index (χ4n) is 4.85. The lowest BCUT2D eigenvalue weighted by atomic mass is 9.90. The van der Waals surface area contributed by atoms with Crippen LogP contribution in [-0.2, 0) is 4.79 Å². The molecular formula is C29H32N4O4S. The van der Waals surface area contributed by atoms with Crippen LogP contribution in [0.1, 0.15) is 48.8 Å². The number of amides is 1. The van der Waals surface area contributed by atoms with Crippen LogP contribution >= 0.6 is 11.8 Å². The summed E-state index contributed by atoms with van der Waals surface area (Å²) in [4.78, 5) is 17.1. The molecule has 2 heterocycles. The molecular weight excluding hydrogens is 500 g/mol. The van der Waals surface area contributed by atoms with Crippen LogP contribution in [0.15, 0.2) is 52.1 Å². The molecule has 9 heteroatoms. The van der Waals surface area contributed by atoms with Crippen molar-refractivity contribution in [3.05, 3.63) is 58.7 Å². The number of hydrogen-bond acceptors (Lipinski definition) is 7. The van der Waals surface area contributed by atoms with E-state index in [4.69, 9.17) is 19.6 Å². The number of hydrogen-bond donors (Lipinski definition) is 1. The van der Waals surface area contributed by atoms with E-state index in [-0.39, 0.29) is 11.4 Å². The van der Waals surface area contributed by atoms with Gasteiger partial charge in [0, 0.05) is 5.92 Å². The molecule has 0 radical (unpaired) electrons. The number of thioether (sulfide) groups is 1. The number of fused-ring (bicyclic) bond motifs is 1. The van der Waals surface area contributed by atoms with Crippen molar-refractivity contribution < 1.29 is 19.0 Å². The fraction of sp³-hybridized carbons (Fsp3) is 0.379. The summed E-state index contributed by atoms with van der Waals surface area (Å²) < 4.78 is 17.3. The van der Waals surface area contributed by atoms with Crippen molar-refractivity contribution in [2.45, 2.75) is 46.0 Å². The Morgan fingerprint density at radius 2 is 1.76 bits per heavy atom. The molecule has 38 heavy (non-hydrogen) atoms. The summed E-state index contributed by atoms with van der Waals surface area (Å²) in [5.41, 5.74) is 3.18. The number of nitrogens with zero attached hydrogens (tertiary/aromatic N) is 3. The maximum atomic E-state index is 12.8. The monoisotopic (exact) mass is 532 g/mol. The zero-order chi connectivity index (χ0) is 26.6. The Balaban J connectivity index is 1.25. The summed E-state index contributed by atoms with van der Waals surface area (Å²) in [5, 5.41) is 16.3. The van der Waals surface area contributed by atoms with E-state index in [1.54, 1.807) is 25.3 Å². The fourth-order valence-corrected chi connectivity index (χ4v) is 5.90. The van der Waals surface area contributed by atoms with E-state index in [1.807, 2.05) is 25.1 Å². The van der Waals surface area contributed by atoms with Gasteiger partial charge in [0.2, 0.25) is 5.17 Å². The number of nitrogens with one attached hydrogen (secondary N) is 1.